The molecular weight excluding hydrogens is 484 g/mol. The summed E-state index contributed by atoms with van der Waals surface area (Å²) in [6, 6.07) is 18.2. The maximum Gasteiger partial charge on any atom is 0.269 e. The fraction of sp³-hybridized carbons (Fsp3) is 0.185. The molecule has 11 nitrogen and oxygen atoms in total. The van der Waals surface area contributed by atoms with E-state index >= 15 is 0 Å². The fourth-order valence-corrected chi connectivity index (χ4v) is 3.91. The maximum atomic E-state index is 11.8. The molecule has 0 aliphatic carbocycles. The smallest absolute Gasteiger partial charge is 0.269 e. The fourth-order valence-electron chi connectivity index (χ4n) is 3.91. The molecule has 0 saturated carbocycles. The van der Waals surface area contributed by atoms with E-state index in [1.807, 2.05) is 48.5 Å². The number of anilines is 6. The Morgan fingerprint density at radius 1 is 0.974 bits per heavy atom. The number of aromatic nitrogens is 3. The van der Waals surface area contributed by atoms with Crippen LogP contribution in [0.4, 0.5) is 34.5 Å². The van der Waals surface area contributed by atoms with Crippen LogP contribution in [-0.4, -0.2) is 54.2 Å². The first-order valence-corrected chi connectivity index (χ1v) is 12.1. The first-order chi connectivity index (χ1) is 18.6. The minimum absolute atomic E-state index is 0.278. The summed E-state index contributed by atoms with van der Waals surface area (Å²) in [6.07, 6.45) is 3.34. The number of hydrogen-bond donors (Lipinski definition) is 4. The second-order valence-corrected chi connectivity index (χ2v) is 8.48. The number of ether oxygens (including phenoxy) is 2. The number of nitrogen functional groups attached to an aromatic ring is 1. The van der Waals surface area contributed by atoms with Crippen molar-refractivity contribution in [3.05, 3.63) is 78.8 Å². The minimum Gasteiger partial charge on any atom is -0.457 e. The second-order valence-electron chi connectivity index (χ2n) is 8.48. The molecule has 3 heterocycles. The molecule has 2 aromatic carbocycles. The summed E-state index contributed by atoms with van der Waals surface area (Å²) in [6.45, 7) is 2.81. The van der Waals surface area contributed by atoms with Crippen LogP contribution in [-0.2, 0) is 4.74 Å². The molecule has 5 rings (SSSR count). The van der Waals surface area contributed by atoms with Gasteiger partial charge in [0.1, 0.15) is 17.2 Å². The molecule has 38 heavy (non-hydrogen) atoms. The first-order valence-electron chi connectivity index (χ1n) is 12.1. The van der Waals surface area contributed by atoms with Crippen molar-refractivity contribution in [2.24, 2.45) is 0 Å². The molecular formula is C27H28N8O3. The monoisotopic (exact) mass is 512 g/mol. The van der Waals surface area contributed by atoms with Crippen LogP contribution in [0, 0.1) is 0 Å². The number of hydrogen-bond acceptors (Lipinski definition) is 10. The molecule has 194 valence electrons. The van der Waals surface area contributed by atoms with Crippen LogP contribution < -0.4 is 31.3 Å². The lowest BCUT2D eigenvalue weighted by Crippen LogP contribution is -2.36. The van der Waals surface area contributed by atoms with Crippen LogP contribution >= 0.6 is 0 Å². The van der Waals surface area contributed by atoms with Gasteiger partial charge in [0.2, 0.25) is 5.95 Å². The number of amides is 1. The van der Waals surface area contributed by atoms with Gasteiger partial charge in [-0.05, 0) is 48.5 Å². The lowest BCUT2D eigenvalue weighted by Gasteiger charge is -2.30. The van der Waals surface area contributed by atoms with Crippen LogP contribution in [0.1, 0.15) is 10.5 Å². The van der Waals surface area contributed by atoms with E-state index < -0.39 is 0 Å². The summed E-state index contributed by atoms with van der Waals surface area (Å²) in [7, 11) is 1.56. The Bertz CT molecular complexity index is 1410. The van der Waals surface area contributed by atoms with Crippen molar-refractivity contribution in [1.82, 2.24) is 20.3 Å². The predicted molar refractivity (Wildman–Crippen MR) is 147 cm³/mol. The molecule has 1 saturated heterocycles. The lowest BCUT2D eigenvalue weighted by atomic mass is 10.2. The van der Waals surface area contributed by atoms with E-state index in [1.165, 1.54) is 6.20 Å². The predicted octanol–water partition coefficient (Wildman–Crippen LogP) is 3.93. The number of nitrogens with two attached hydrogens (primary N) is 1. The Kier molecular flexibility index (Phi) is 7.46. The van der Waals surface area contributed by atoms with E-state index in [-0.39, 0.29) is 11.6 Å². The molecule has 5 N–H and O–H groups in total. The molecule has 0 unspecified atom stereocenters. The van der Waals surface area contributed by atoms with Gasteiger partial charge in [-0.1, -0.05) is 6.07 Å². The van der Waals surface area contributed by atoms with Gasteiger partial charge in [-0.25, -0.2) is 4.98 Å². The SMILES string of the molecule is CNC(=O)c1cc(Oc2ccc(Nc3ncc(N4CCOCC4)c(Nc4cccc(N)c4)n3)cc2)ccn1. The third kappa shape index (κ3) is 6.08. The highest BCUT2D eigenvalue weighted by atomic mass is 16.5. The molecule has 1 amide bonds. The van der Waals surface area contributed by atoms with Crippen molar-refractivity contribution in [2.45, 2.75) is 0 Å². The van der Waals surface area contributed by atoms with Crippen LogP contribution in [0.25, 0.3) is 0 Å². The zero-order chi connectivity index (χ0) is 26.3. The van der Waals surface area contributed by atoms with E-state index in [9.17, 15) is 4.79 Å². The van der Waals surface area contributed by atoms with Crippen LogP contribution in [0.3, 0.4) is 0 Å². The Balaban J connectivity index is 1.33. The molecule has 2 aromatic heterocycles. The normalized spacial score (nSPS) is 13.0. The molecule has 11 heteroatoms. The number of benzene rings is 2. The van der Waals surface area contributed by atoms with Crippen LogP contribution in [0.5, 0.6) is 11.5 Å². The number of carbonyl (C=O) groups is 1. The molecule has 0 spiro atoms. The van der Waals surface area contributed by atoms with Crippen molar-refractivity contribution in [3.8, 4) is 11.5 Å². The second kappa shape index (κ2) is 11.4. The Labute approximate surface area is 220 Å². The quantitative estimate of drug-likeness (QED) is 0.257. The molecule has 1 aliphatic heterocycles. The zero-order valence-corrected chi connectivity index (χ0v) is 20.8. The summed E-state index contributed by atoms with van der Waals surface area (Å²) >= 11 is 0. The van der Waals surface area contributed by atoms with Gasteiger partial charge < -0.3 is 36.1 Å². The number of rotatable bonds is 8. The molecule has 1 aliphatic rings. The first kappa shape index (κ1) is 24.8. The summed E-state index contributed by atoms with van der Waals surface area (Å²) < 4.78 is 11.4. The van der Waals surface area contributed by atoms with Gasteiger partial charge >= 0.3 is 0 Å². The standard InChI is InChI=1S/C27H28N8O3/c1-29-26(36)23-16-22(9-10-30-23)38-21-7-5-19(6-8-21)33-27-31-17-24(35-11-13-37-14-12-35)25(34-27)32-20-4-2-3-18(28)15-20/h2-10,15-17H,11-14,28H2,1H3,(H,29,36)(H2,31,32,33,34). The van der Waals surface area contributed by atoms with E-state index in [0.717, 1.165) is 30.2 Å². The Morgan fingerprint density at radius 2 is 1.79 bits per heavy atom. The molecule has 1 fully saturated rings. The van der Waals surface area contributed by atoms with Gasteiger partial charge in [-0.3, -0.25) is 9.78 Å². The number of pyridine rings is 1. The van der Waals surface area contributed by atoms with Crippen LogP contribution in [0.15, 0.2) is 73.1 Å². The summed E-state index contributed by atoms with van der Waals surface area (Å²) in [4.78, 5) is 27.4. The van der Waals surface area contributed by atoms with Crippen molar-refractivity contribution >= 4 is 40.4 Å². The number of morpholine rings is 1. The summed E-state index contributed by atoms with van der Waals surface area (Å²) in [5.41, 5.74) is 9.42. The lowest BCUT2D eigenvalue weighted by molar-refractivity contribution is 0.0958. The number of nitrogens with zero attached hydrogens (tertiary/aromatic N) is 4. The largest absolute Gasteiger partial charge is 0.457 e. The van der Waals surface area contributed by atoms with E-state index in [2.05, 4.69) is 30.8 Å². The highest BCUT2D eigenvalue weighted by Gasteiger charge is 2.18. The Hall–Kier alpha value is -4.90. The third-order valence-electron chi connectivity index (χ3n) is 5.81. The molecule has 0 atom stereocenters. The van der Waals surface area contributed by atoms with Crippen molar-refractivity contribution in [2.75, 3.05) is 54.6 Å². The van der Waals surface area contributed by atoms with E-state index in [4.69, 9.17) is 20.2 Å². The van der Waals surface area contributed by atoms with Crippen molar-refractivity contribution < 1.29 is 14.3 Å². The van der Waals surface area contributed by atoms with Gasteiger partial charge in [0.15, 0.2) is 5.82 Å². The number of carbonyl (C=O) groups excluding carboxylic acids is 1. The average Bonchev–Trinajstić information content (AvgIpc) is 2.94. The number of nitrogens with one attached hydrogen (secondary N) is 3. The van der Waals surface area contributed by atoms with Crippen LogP contribution in [0.2, 0.25) is 0 Å². The molecule has 0 radical (unpaired) electrons. The van der Waals surface area contributed by atoms with Crippen molar-refractivity contribution in [1.29, 1.82) is 0 Å². The molecule has 0 bridgehead atoms. The van der Waals surface area contributed by atoms with Gasteiger partial charge in [0, 0.05) is 49.5 Å². The molecule has 4 aromatic rings. The van der Waals surface area contributed by atoms with Gasteiger partial charge in [0.25, 0.3) is 5.91 Å². The summed E-state index contributed by atoms with van der Waals surface area (Å²) in [5.74, 6) is 1.95. The Morgan fingerprint density at radius 3 is 2.55 bits per heavy atom. The van der Waals surface area contributed by atoms with Gasteiger partial charge in [0.05, 0.1) is 25.1 Å². The highest BCUT2D eigenvalue weighted by molar-refractivity contribution is 5.92. The third-order valence-corrected chi connectivity index (χ3v) is 5.81. The van der Waals surface area contributed by atoms with E-state index in [0.29, 0.717) is 42.2 Å². The minimum atomic E-state index is -0.278. The van der Waals surface area contributed by atoms with Gasteiger partial charge in [-0.15, -0.1) is 0 Å². The maximum absolute atomic E-state index is 11.8. The van der Waals surface area contributed by atoms with Gasteiger partial charge in [-0.2, -0.15) is 4.98 Å². The zero-order valence-electron chi connectivity index (χ0n) is 20.8. The van der Waals surface area contributed by atoms with Crippen molar-refractivity contribution in [3.63, 3.8) is 0 Å². The topological polar surface area (TPSA) is 140 Å². The van der Waals surface area contributed by atoms with E-state index in [1.54, 1.807) is 25.4 Å². The summed E-state index contributed by atoms with van der Waals surface area (Å²) in [5, 5.41) is 9.18. The highest BCUT2D eigenvalue weighted by Crippen LogP contribution is 2.30. The average molecular weight is 513 g/mol.